The summed E-state index contributed by atoms with van der Waals surface area (Å²) in [6.07, 6.45) is 3.53. The molecular formula is C13H18N2O4S. The van der Waals surface area contributed by atoms with E-state index in [0.29, 0.717) is 5.92 Å². The van der Waals surface area contributed by atoms with Gasteiger partial charge in [0, 0.05) is 13.1 Å². The van der Waals surface area contributed by atoms with Crippen molar-refractivity contribution in [2.24, 2.45) is 5.92 Å². The average molecular weight is 298 g/mol. The molecule has 1 amide bonds. The molecule has 6 nitrogen and oxygen atoms in total. The third-order valence-corrected chi connectivity index (χ3v) is 5.47. The van der Waals surface area contributed by atoms with E-state index in [4.69, 9.17) is 4.52 Å². The van der Waals surface area contributed by atoms with E-state index >= 15 is 0 Å². The maximum Gasteiger partial charge on any atom is 0.271 e. The number of amides is 1. The van der Waals surface area contributed by atoms with Crippen LogP contribution in [0.4, 0.5) is 0 Å². The van der Waals surface area contributed by atoms with Crippen molar-refractivity contribution >= 4 is 15.9 Å². The van der Waals surface area contributed by atoms with Crippen LogP contribution in [0.5, 0.6) is 0 Å². The van der Waals surface area contributed by atoms with E-state index in [9.17, 15) is 13.2 Å². The Morgan fingerprint density at radius 2 is 2.00 bits per heavy atom. The number of hydrogen-bond acceptors (Lipinski definition) is 5. The highest BCUT2D eigenvalue weighted by molar-refractivity contribution is 7.89. The molecule has 1 aliphatic carbocycles. The van der Waals surface area contributed by atoms with Crippen LogP contribution >= 0.6 is 0 Å². The SMILES string of the molecule is CC(=CC(=O)N(C)S(=O)(=O)c1c(C)noc1C)C1CC1. The molecule has 0 N–H and O–H groups in total. The van der Waals surface area contributed by atoms with Crippen LogP contribution in [0.15, 0.2) is 21.1 Å². The second-order valence-corrected chi connectivity index (χ2v) is 7.03. The zero-order chi connectivity index (χ0) is 15.1. The Morgan fingerprint density at radius 1 is 1.40 bits per heavy atom. The fourth-order valence-corrected chi connectivity index (χ4v) is 3.42. The fourth-order valence-electron chi connectivity index (χ4n) is 2.04. The van der Waals surface area contributed by atoms with Gasteiger partial charge in [0.05, 0.1) is 0 Å². The molecule has 1 saturated carbocycles. The molecule has 1 fully saturated rings. The summed E-state index contributed by atoms with van der Waals surface area (Å²) in [6, 6.07) is 0. The first-order chi connectivity index (χ1) is 9.25. The molecule has 0 aromatic carbocycles. The summed E-state index contributed by atoms with van der Waals surface area (Å²) in [6.45, 7) is 4.90. The van der Waals surface area contributed by atoms with Crippen molar-refractivity contribution in [2.45, 2.75) is 38.5 Å². The van der Waals surface area contributed by atoms with Crippen molar-refractivity contribution in [1.82, 2.24) is 9.46 Å². The molecule has 0 spiro atoms. The number of aryl methyl sites for hydroxylation is 2. The summed E-state index contributed by atoms with van der Waals surface area (Å²) in [5, 5.41) is 3.62. The first-order valence-electron chi connectivity index (χ1n) is 6.39. The maximum atomic E-state index is 12.4. The molecular weight excluding hydrogens is 280 g/mol. The van der Waals surface area contributed by atoms with Crippen molar-refractivity contribution in [3.63, 3.8) is 0 Å². The van der Waals surface area contributed by atoms with Crippen LogP contribution in [0.1, 0.15) is 31.2 Å². The molecule has 0 atom stereocenters. The predicted octanol–water partition coefficient (Wildman–Crippen LogP) is 1.79. The van der Waals surface area contributed by atoms with Gasteiger partial charge in [0.1, 0.15) is 5.69 Å². The van der Waals surface area contributed by atoms with Crippen molar-refractivity contribution in [1.29, 1.82) is 0 Å². The molecule has 1 aromatic heterocycles. The van der Waals surface area contributed by atoms with Gasteiger partial charge in [-0.2, -0.15) is 0 Å². The Kier molecular flexibility index (Phi) is 3.73. The lowest BCUT2D eigenvalue weighted by molar-refractivity contribution is -0.120. The molecule has 0 aliphatic heterocycles. The van der Waals surface area contributed by atoms with Gasteiger partial charge < -0.3 is 4.52 Å². The summed E-state index contributed by atoms with van der Waals surface area (Å²) in [7, 11) is -2.67. The van der Waals surface area contributed by atoms with E-state index in [1.165, 1.54) is 27.0 Å². The number of hydrogen-bond donors (Lipinski definition) is 0. The molecule has 1 heterocycles. The first kappa shape index (κ1) is 14.8. The zero-order valence-electron chi connectivity index (χ0n) is 12.0. The minimum absolute atomic E-state index is 0.0363. The standard InChI is InChI=1S/C13H18N2O4S/c1-8(11-5-6-11)7-12(16)15(4)20(17,18)13-9(2)14-19-10(13)3/h7,11H,5-6H2,1-4H3. The number of likely N-dealkylation sites (N-methyl/N-ethyl adjacent to an activating group) is 1. The summed E-state index contributed by atoms with van der Waals surface area (Å²) >= 11 is 0. The van der Waals surface area contributed by atoms with Crippen molar-refractivity contribution in [2.75, 3.05) is 7.05 Å². The van der Waals surface area contributed by atoms with Crippen LogP contribution in [-0.2, 0) is 14.8 Å². The first-order valence-corrected chi connectivity index (χ1v) is 7.83. The second kappa shape index (κ2) is 5.05. The van der Waals surface area contributed by atoms with Gasteiger partial charge in [0.25, 0.3) is 15.9 Å². The number of nitrogens with zero attached hydrogens (tertiary/aromatic N) is 2. The van der Waals surface area contributed by atoms with Gasteiger partial charge in [-0.15, -0.1) is 0 Å². The van der Waals surface area contributed by atoms with Crippen LogP contribution in [-0.4, -0.2) is 30.8 Å². The molecule has 0 bridgehead atoms. The Hall–Kier alpha value is -1.63. The fraction of sp³-hybridized carbons (Fsp3) is 0.538. The summed E-state index contributed by atoms with van der Waals surface area (Å²) in [5.41, 5.74) is 1.18. The molecule has 20 heavy (non-hydrogen) atoms. The predicted molar refractivity (Wildman–Crippen MR) is 72.4 cm³/mol. The molecule has 1 aromatic rings. The summed E-state index contributed by atoms with van der Waals surface area (Å²) in [4.78, 5) is 12.0. The zero-order valence-corrected chi connectivity index (χ0v) is 12.8. The molecule has 7 heteroatoms. The minimum atomic E-state index is -3.92. The van der Waals surface area contributed by atoms with Gasteiger partial charge >= 0.3 is 0 Å². The van der Waals surface area contributed by atoms with E-state index in [1.54, 1.807) is 0 Å². The molecule has 0 unspecified atom stereocenters. The highest BCUT2D eigenvalue weighted by Crippen LogP contribution is 2.36. The van der Waals surface area contributed by atoms with Gasteiger partial charge in [-0.05, 0) is 39.5 Å². The highest BCUT2D eigenvalue weighted by atomic mass is 32.2. The van der Waals surface area contributed by atoms with Crippen molar-refractivity contribution < 1.29 is 17.7 Å². The molecule has 0 saturated heterocycles. The second-order valence-electron chi connectivity index (χ2n) is 5.13. The monoisotopic (exact) mass is 298 g/mol. The molecule has 1 aliphatic rings. The minimum Gasteiger partial charge on any atom is -0.360 e. The lowest BCUT2D eigenvalue weighted by atomic mass is 10.2. The van der Waals surface area contributed by atoms with E-state index in [2.05, 4.69) is 5.16 Å². The quantitative estimate of drug-likeness (QED) is 0.792. The number of carbonyl (C=O) groups excluding carboxylic acids is 1. The Labute approximate surface area is 118 Å². The normalized spacial score (nSPS) is 16.3. The van der Waals surface area contributed by atoms with E-state index in [1.807, 2.05) is 6.92 Å². The Balaban J connectivity index is 2.30. The number of aromatic nitrogens is 1. The molecule has 0 radical (unpaired) electrons. The third-order valence-electron chi connectivity index (χ3n) is 3.47. The van der Waals surface area contributed by atoms with Crippen molar-refractivity contribution in [3.8, 4) is 0 Å². The highest BCUT2D eigenvalue weighted by Gasteiger charge is 2.32. The largest absolute Gasteiger partial charge is 0.360 e. The van der Waals surface area contributed by atoms with Crippen LogP contribution in [0.25, 0.3) is 0 Å². The van der Waals surface area contributed by atoms with Crippen molar-refractivity contribution in [3.05, 3.63) is 23.1 Å². The van der Waals surface area contributed by atoms with Gasteiger partial charge in [0.2, 0.25) is 0 Å². The average Bonchev–Trinajstić information content (AvgIpc) is 3.14. The van der Waals surface area contributed by atoms with Gasteiger partial charge in [-0.25, -0.2) is 12.7 Å². The summed E-state index contributed by atoms with van der Waals surface area (Å²) in [5.74, 6) is 0.0635. The smallest absolute Gasteiger partial charge is 0.271 e. The van der Waals surface area contributed by atoms with E-state index < -0.39 is 15.9 Å². The molecule has 110 valence electrons. The Morgan fingerprint density at radius 3 is 2.45 bits per heavy atom. The lowest BCUT2D eigenvalue weighted by Gasteiger charge is -2.15. The number of allylic oxidation sites excluding steroid dienone is 1. The lowest BCUT2D eigenvalue weighted by Crippen LogP contribution is -2.32. The van der Waals surface area contributed by atoms with Crippen LogP contribution < -0.4 is 0 Å². The number of sulfonamides is 1. The molecule has 2 rings (SSSR count). The van der Waals surface area contributed by atoms with Crippen LogP contribution in [0.3, 0.4) is 0 Å². The topological polar surface area (TPSA) is 80.5 Å². The van der Waals surface area contributed by atoms with Gasteiger partial charge in [-0.1, -0.05) is 10.7 Å². The number of carbonyl (C=O) groups is 1. The summed E-state index contributed by atoms with van der Waals surface area (Å²) < 4.78 is 30.4. The third kappa shape index (κ3) is 2.63. The number of rotatable bonds is 4. The van der Waals surface area contributed by atoms with Crippen LogP contribution in [0.2, 0.25) is 0 Å². The van der Waals surface area contributed by atoms with Gasteiger partial charge in [-0.3, -0.25) is 4.79 Å². The van der Waals surface area contributed by atoms with E-state index in [-0.39, 0.29) is 16.3 Å². The Bertz CT molecular complexity index is 649. The van der Waals surface area contributed by atoms with E-state index in [0.717, 1.165) is 22.7 Å². The van der Waals surface area contributed by atoms with Crippen LogP contribution in [0, 0.1) is 19.8 Å². The van der Waals surface area contributed by atoms with Gasteiger partial charge in [0.15, 0.2) is 10.7 Å². The maximum absolute atomic E-state index is 12.4.